The monoisotopic (exact) mass is 697 g/mol. The van der Waals surface area contributed by atoms with E-state index in [2.05, 4.69) is 31.2 Å². The zero-order chi connectivity index (χ0) is 35.8. The molecular weight excluding hydrogens is 661 g/mol. The molecule has 3 aromatic carbocycles. The molecule has 0 radical (unpaired) electrons. The maximum Gasteiger partial charge on any atom is 0.270 e. The van der Waals surface area contributed by atoms with Gasteiger partial charge in [-0.15, -0.1) is 5.10 Å². The Bertz CT molecular complexity index is 2380. The molecule has 0 unspecified atom stereocenters. The normalized spacial score (nSPS) is 14.9. The van der Waals surface area contributed by atoms with E-state index in [0.29, 0.717) is 79.1 Å². The maximum absolute atomic E-state index is 16.7. The number of aromatic amines is 2. The number of methoxy groups -OCH3 is 1. The van der Waals surface area contributed by atoms with Crippen molar-refractivity contribution in [3.63, 3.8) is 0 Å². The van der Waals surface area contributed by atoms with Crippen LogP contribution in [-0.4, -0.2) is 93.0 Å². The highest BCUT2D eigenvalue weighted by Gasteiger charge is 2.28. The number of nitriles is 1. The van der Waals surface area contributed by atoms with E-state index >= 15 is 4.39 Å². The van der Waals surface area contributed by atoms with Crippen LogP contribution in [0.15, 0.2) is 79.3 Å². The van der Waals surface area contributed by atoms with Crippen molar-refractivity contribution in [3.8, 4) is 22.9 Å². The van der Waals surface area contributed by atoms with Gasteiger partial charge in [-0.2, -0.15) is 5.26 Å². The van der Waals surface area contributed by atoms with Gasteiger partial charge >= 0.3 is 0 Å². The number of nitrogens with zero attached hydrogens (tertiary/aromatic N) is 7. The van der Waals surface area contributed by atoms with Crippen LogP contribution < -0.4 is 9.64 Å². The highest BCUT2D eigenvalue weighted by atomic mass is 19.1. The molecule has 12 nitrogen and oxygen atoms in total. The smallest absolute Gasteiger partial charge is 0.270 e. The fourth-order valence-corrected chi connectivity index (χ4v) is 7.37. The molecule has 1 saturated heterocycles. The molecule has 13 heteroatoms. The fraction of sp³-hybridized carbons (Fsp3) is 0.256. The van der Waals surface area contributed by atoms with Gasteiger partial charge < -0.3 is 29.4 Å². The molecule has 6 aromatic rings. The lowest BCUT2D eigenvalue weighted by Gasteiger charge is -2.36. The fourth-order valence-electron chi connectivity index (χ4n) is 7.37. The second kappa shape index (κ2) is 13.7. The molecular formula is C39H36FN9O3. The van der Waals surface area contributed by atoms with Gasteiger partial charge in [0.15, 0.2) is 5.82 Å². The highest BCUT2D eigenvalue weighted by molar-refractivity contribution is 6.05. The van der Waals surface area contributed by atoms with E-state index in [0.717, 1.165) is 22.2 Å². The number of halogens is 1. The predicted molar refractivity (Wildman–Crippen MR) is 195 cm³/mol. The Kier molecular flexibility index (Phi) is 8.64. The predicted octanol–water partition coefficient (Wildman–Crippen LogP) is 5.60. The van der Waals surface area contributed by atoms with Gasteiger partial charge in [0.2, 0.25) is 5.91 Å². The molecule has 52 heavy (non-hydrogen) atoms. The molecule has 262 valence electrons. The molecule has 3 aromatic heterocycles. The third-order valence-electron chi connectivity index (χ3n) is 10.0. The van der Waals surface area contributed by atoms with Gasteiger partial charge in [-0.3, -0.25) is 14.3 Å². The Morgan fingerprint density at radius 3 is 2.62 bits per heavy atom. The number of H-pyrrole nitrogens is 2. The lowest BCUT2D eigenvalue weighted by atomic mass is 9.93. The number of nitrogens with one attached hydrogen (secondary N) is 2. The number of piperazine rings is 1. The van der Waals surface area contributed by atoms with Crippen LogP contribution >= 0.6 is 0 Å². The zero-order valence-electron chi connectivity index (χ0n) is 28.6. The first kappa shape index (κ1) is 32.8. The molecule has 2 aliphatic rings. The molecule has 2 amide bonds. The maximum atomic E-state index is 16.7. The summed E-state index contributed by atoms with van der Waals surface area (Å²) >= 11 is 0. The summed E-state index contributed by atoms with van der Waals surface area (Å²) < 4.78 is 24.1. The van der Waals surface area contributed by atoms with E-state index < -0.39 is 5.82 Å². The summed E-state index contributed by atoms with van der Waals surface area (Å²) in [6.07, 6.45) is 7.97. The summed E-state index contributed by atoms with van der Waals surface area (Å²) in [6.45, 7) is 3.27. The van der Waals surface area contributed by atoms with Gasteiger partial charge in [0, 0.05) is 91.2 Å². The van der Waals surface area contributed by atoms with Crippen LogP contribution in [-0.2, 0) is 11.3 Å². The van der Waals surface area contributed by atoms with Crippen molar-refractivity contribution in [2.75, 3.05) is 51.3 Å². The molecule has 8 rings (SSSR count). The molecule has 0 spiro atoms. The molecule has 1 fully saturated rings. The number of fused-ring (bicyclic) bond motifs is 2. The van der Waals surface area contributed by atoms with E-state index in [9.17, 15) is 14.9 Å². The SMILES string of the molecule is COc1ccccc1-c1cc(C2=CCCN(C(=O)CCn3ccnn3)C2)c(F)c2[nH]c(C(=O)N3CCN(c4cc(C#N)cc5[nH]ccc45)CC3)cc12. The van der Waals surface area contributed by atoms with E-state index in [-0.39, 0.29) is 36.0 Å². The Morgan fingerprint density at radius 1 is 0.981 bits per heavy atom. The number of amides is 2. The van der Waals surface area contributed by atoms with Gasteiger partial charge in [-0.1, -0.05) is 29.5 Å². The van der Waals surface area contributed by atoms with Crippen LogP contribution in [0.2, 0.25) is 0 Å². The van der Waals surface area contributed by atoms with E-state index in [4.69, 9.17) is 4.74 Å². The summed E-state index contributed by atoms with van der Waals surface area (Å²) in [7, 11) is 1.59. The van der Waals surface area contributed by atoms with E-state index in [1.165, 1.54) is 0 Å². The summed E-state index contributed by atoms with van der Waals surface area (Å²) in [6, 6.07) is 19.0. The summed E-state index contributed by atoms with van der Waals surface area (Å²) in [5.74, 6) is -0.128. The molecule has 2 N–H and O–H groups in total. The number of hydrogen-bond acceptors (Lipinski definition) is 7. The number of aryl methyl sites for hydroxylation is 1. The van der Waals surface area contributed by atoms with Crippen LogP contribution in [0.4, 0.5) is 10.1 Å². The van der Waals surface area contributed by atoms with Crippen LogP contribution in [0.3, 0.4) is 0 Å². The highest BCUT2D eigenvalue weighted by Crippen LogP contribution is 2.40. The number of para-hydroxylation sites is 1. The van der Waals surface area contributed by atoms with Gasteiger partial charge in [0.25, 0.3) is 5.91 Å². The second-order valence-corrected chi connectivity index (χ2v) is 13.0. The number of rotatable bonds is 8. The standard InChI is InChI=1S/C39H36FN9O3/c1-52-35-7-3-2-6-27(35)30-21-29(26-5-4-12-48(24-26)36(50)9-13-49-14-11-43-45-49)37(40)38-31(30)22-33(44-38)39(51)47-17-15-46(16-18-47)34-20-25(23-41)19-32-28(34)8-10-42-32/h2-3,5-8,10-11,14,19-22,42,44H,4,9,12-13,15-18,24H2,1H3. The second-order valence-electron chi connectivity index (χ2n) is 13.0. The van der Waals surface area contributed by atoms with Crippen molar-refractivity contribution in [2.24, 2.45) is 0 Å². The Labute approximate surface area is 298 Å². The van der Waals surface area contributed by atoms with Crippen LogP contribution in [0.25, 0.3) is 38.5 Å². The molecule has 0 aliphatic carbocycles. The van der Waals surface area contributed by atoms with Crippen molar-refractivity contribution in [1.82, 2.24) is 34.8 Å². The first-order valence-corrected chi connectivity index (χ1v) is 17.3. The first-order valence-electron chi connectivity index (χ1n) is 17.3. The molecule has 0 bridgehead atoms. The van der Waals surface area contributed by atoms with Crippen molar-refractivity contribution in [1.29, 1.82) is 5.26 Å². The van der Waals surface area contributed by atoms with Crippen LogP contribution in [0.5, 0.6) is 5.75 Å². The Balaban J connectivity index is 1.09. The topological polar surface area (TPSA) is 139 Å². The van der Waals surface area contributed by atoms with Crippen molar-refractivity contribution >= 4 is 44.9 Å². The van der Waals surface area contributed by atoms with Gasteiger partial charge in [0.1, 0.15) is 11.4 Å². The van der Waals surface area contributed by atoms with Crippen LogP contribution in [0, 0.1) is 17.1 Å². The lowest BCUT2D eigenvalue weighted by molar-refractivity contribution is -0.131. The Hall–Kier alpha value is -6.42. The number of carbonyl (C=O) groups excluding carboxylic acids is 2. The van der Waals surface area contributed by atoms with Gasteiger partial charge in [-0.25, -0.2) is 4.39 Å². The largest absolute Gasteiger partial charge is 0.496 e. The molecule has 0 atom stereocenters. The van der Waals surface area contributed by atoms with Crippen LogP contribution in [0.1, 0.15) is 34.5 Å². The summed E-state index contributed by atoms with van der Waals surface area (Å²) in [4.78, 5) is 39.3. The van der Waals surface area contributed by atoms with Crippen molar-refractivity contribution in [2.45, 2.75) is 19.4 Å². The van der Waals surface area contributed by atoms with Gasteiger partial charge in [-0.05, 0) is 54.0 Å². The minimum absolute atomic E-state index is 0.0457. The summed E-state index contributed by atoms with van der Waals surface area (Å²) in [5.41, 5.74) is 5.47. The average Bonchev–Trinajstić information content (AvgIpc) is 3.99. The molecule has 5 heterocycles. The van der Waals surface area contributed by atoms with E-state index in [1.807, 2.05) is 60.8 Å². The van der Waals surface area contributed by atoms with E-state index in [1.54, 1.807) is 40.1 Å². The third-order valence-corrected chi connectivity index (χ3v) is 10.0. The molecule has 2 aliphatic heterocycles. The number of hydrogen-bond donors (Lipinski definition) is 2. The Morgan fingerprint density at radius 2 is 1.83 bits per heavy atom. The van der Waals surface area contributed by atoms with Gasteiger partial charge in [0.05, 0.1) is 37.0 Å². The third kappa shape index (κ3) is 6.02. The van der Waals surface area contributed by atoms with Crippen molar-refractivity contribution in [3.05, 3.63) is 102 Å². The minimum Gasteiger partial charge on any atom is -0.496 e. The zero-order valence-corrected chi connectivity index (χ0v) is 28.6. The average molecular weight is 698 g/mol. The number of carbonyl (C=O) groups is 2. The first-order chi connectivity index (χ1) is 25.4. The summed E-state index contributed by atoms with van der Waals surface area (Å²) in [5, 5.41) is 18.9. The number of aromatic nitrogens is 5. The minimum atomic E-state index is -0.478. The molecule has 0 saturated carbocycles. The van der Waals surface area contributed by atoms with Crippen molar-refractivity contribution < 1.29 is 18.7 Å². The number of benzene rings is 3. The number of anilines is 1. The quantitative estimate of drug-likeness (QED) is 0.211. The number of ether oxygens (including phenoxy) is 1. The lowest BCUT2D eigenvalue weighted by Crippen LogP contribution is -2.49.